The van der Waals surface area contributed by atoms with E-state index in [1.54, 1.807) is 6.07 Å². The van der Waals surface area contributed by atoms with Crippen molar-refractivity contribution in [2.24, 2.45) is 0 Å². The van der Waals surface area contributed by atoms with Crippen LogP contribution in [0.5, 0.6) is 0 Å². The van der Waals surface area contributed by atoms with Gasteiger partial charge in [0.2, 0.25) is 10.0 Å². The molecule has 1 aromatic carbocycles. The molecule has 2 aliphatic heterocycles. The van der Waals surface area contributed by atoms with E-state index in [1.807, 2.05) is 12.1 Å². The van der Waals surface area contributed by atoms with Crippen molar-refractivity contribution in [3.8, 4) is 0 Å². The molecule has 0 N–H and O–H groups in total. The minimum absolute atomic E-state index is 0.0475. The number of nitrogens with zero attached hydrogens (tertiary/aromatic N) is 5. The molecule has 2 saturated heterocycles. The number of hydrogen-bond donors (Lipinski definition) is 0. The van der Waals surface area contributed by atoms with Gasteiger partial charge < -0.3 is 9.80 Å². The summed E-state index contributed by atoms with van der Waals surface area (Å²) < 4.78 is 27.5. The highest BCUT2D eigenvalue weighted by atomic mass is 35.5. The minimum atomic E-state index is -3.70. The van der Waals surface area contributed by atoms with Gasteiger partial charge >= 0.3 is 0 Å². The lowest BCUT2D eigenvalue weighted by molar-refractivity contribution is 0.383. The number of piperidine rings is 1. The second-order valence-electron chi connectivity index (χ2n) is 7.97. The highest BCUT2D eigenvalue weighted by Gasteiger charge is 2.31. The number of rotatable bonds is 5. The molecule has 4 rings (SSSR count). The Morgan fingerprint density at radius 1 is 0.968 bits per heavy atom. The fraction of sp³-hybridized carbons (Fsp3) is 0.524. The molecule has 2 aliphatic rings. The van der Waals surface area contributed by atoms with E-state index in [9.17, 15) is 8.42 Å². The zero-order chi connectivity index (χ0) is 22.0. The Morgan fingerprint density at radius 2 is 1.68 bits per heavy atom. The SMILES string of the molecule is CCC1CCCCN1c1ccc(N2CCN(S(=O)(=O)c3cc(Cl)ccc3Cl)CC2)nn1. The van der Waals surface area contributed by atoms with Gasteiger partial charge in [0.05, 0.1) is 5.02 Å². The van der Waals surface area contributed by atoms with E-state index < -0.39 is 10.0 Å². The fourth-order valence-corrected chi connectivity index (χ4v) is 6.50. The van der Waals surface area contributed by atoms with Crippen LogP contribution in [0.2, 0.25) is 10.0 Å². The van der Waals surface area contributed by atoms with E-state index in [0.717, 1.165) is 24.6 Å². The first-order valence-corrected chi connectivity index (χ1v) is 12.9. The summed E-state index contributed by atoms with van der Waals surface area (Å²) in [5, 5.41) is 9.45. The predicted molar refractivity (Wildman–Crippen MR) is 125 cm³/mol. The Labute approximate surface area is 194 Å². The van der Waals surface area contributed by atoms with Crippen LogP contribution in [0.1, 0.15) is 32.6 Å². The number of anilines is 2. The topological polar surface area (TPSA) is 69.6 Å². The van der Waals surface area contributed by atoms with Crippen molar-refractivity contribution in [1.82, 2.24) is 14.5 Å². The number of piperazine rings is 1. The summed E-state index contributed by atoms with van der Waals surface area (Å²) in [6, 6.07) is 9.04. The summed E-state index contributed by atoms with van der Waals surface area (Å²) in [5.74, 6) is 1.69. The van der Waals surface area contributed by atoms with E-state index in [-0.39, 0.29) is 9.92 Å². The maximum atomic E-state index is 13.0. The molecule has 0 bridgehead atoms. The summed E-state index contributed by atoms with van der Waals surface area (Å²) in [7, 11) is -3.70. The van der Waals surface area contributed by atoms with Gasteiger partial charge in [0, 0.05) is 43.8 Å². The lowest BCUT2D eigenvalue weighted by Gasteiger charge is -2.36. The zero-order valence-corrected chi connectivity index (χ0v) is 19.9. The van der Waals surface area contributed by atoms with Crippen molar-refractivity contribution in [2.75, 3.05) is 42.5 Å². The Bertz CT molecular complexity index is 1010. The van der Waals surface area contributed by atoms with Crippen LogP contribution < -0.4 is 9.80 Å². The van der Waals surface area contributed by atoms with Crippen molar-refractivity contribution in [2.45, 2.75) is 43.5 Å². The minimum Gasteiger partial charge on any atom is -0.352 e. The molecule has 10 heteroatoms. The van der Waals surface area contributed by atoms with E-state index >= 15 is 0 Å². The zero-order valence-electron chi connectivity index (χ0n) is 17.5. The molecule has 3 heterocycles. The molecule has 2 aromatic rings. The molecular weight excluding hydrogens is 457 g/mol. The van der Waals surface area contributed by atoms with Gasteiger partial charge in [0.25, 0.3) is 0 Å². The van der Waals surface area contributed by atoms with Gasteiger partial charge in [-0.3, -0.25) is 0 Å². The highest BCUT2D eigenvalue weighted by Crippen LogP contribution is 2.29. The molecule has 0 saturated carbocycles. The van der Waals surface area contributed by atoms with Gasteiger partial charge in [-0.1, -0.05) is 30.1 Å². The van der Waals surface area contributed by atoms with Gasteiger partial charge in [-0.2, -0.15) is 4.31 Å². The normalized spacial score (nSPS) is 20.8. The molecule has 31 heavy (non-hydrogen) atoms. The first-order chi connectivity index (χ1) is 14.9. The molecule has 0 spiro atoms. The fourth-order valence-electron chi connectivity index (χ4n) is 4.34. The first kappa shape index (κ1) is 22.6. The molecular formula is C21H27Cl2N5O2S. The van der Waals surface area contributed by atoms with Crippen LogP contribution in [0, 0.1) is 0 Å². The monoisotopic (exact) mass is 483 g/mol. The second kappa shape index (κ2) is 9.48. The summed E-state index contributed by atoms with van der Waals surface area (Å²) >= 11 is 12.1. The van der Waals surface area contributed by atoms with Gasteiger partial charge in [0.15, 0.2) is 11.6 Å². The third-order valence-corrected chi connectivity index (χ3v) is 8.72. The number of benzene rings is 1. The van der Waals surface area contributed by atoms with Crippen LogP contribution in [-0.2, 0) is 10.0 Å². The molecule has 0 radical (unpaired) electrons. The van der Waals surface area contributed by atoms with Crippen molar-refractivity contribution >= 4 is 44.9 Å². The lowest BCUT2D eigenvalue weighted by Crippen LogP contribution is -2.49. The average molecular weight is 484 g/mol. The molecule has 1 atom stereocenters. The maximum absolute atomic E-state index is 13.0. The Balaban J connectivity index is 1.42. The van der Waals surface area contributed by atoms with Crippen LogP contribution in [0.3, 0.4) is 0 Å². The molecule has 1 unspecified atom stereocenters. The van der Waals surface area contributed by atoms with Crippen molar-refractivity contribution in [1.29, 1.82) is 0 Å². The number of sulfonamides is 1. The third-order valence-electron chi connectivity index (χ3n) is 6.10. The van der Waals surface area contributed by atoms with E-state index in [2.05, 4.69) is 26.9 Å². The van der Waals surface area contributed by atoms with Crippen LogP contribution in [0.4, 0.5) is 11.6 Å². The van der Waals surface area contributed by atoms with E-state index in [4.69, 9.17) is 23.2 Å². The smallest absolute Gasteiger partial charge is 0.244 e. The quantitative estimate of drug-likeness (QED) is 0.638. The van der Waals surface area contributed by atoms with Crippen molar-refractivity contribution in [3.63, 3.8) is 0 Å². The van der Waals surface area contributed by atoms with E-state index in [0.29, 0.717) is 37.2 Å². The molecule has 168 valence electrons. The van der Waals surface area contributed by atoms with Gasteiger partial charge in [-0.05, 0) is 56.0 Å². The summed E-state index contributed by atoms with van der Waals surface area (Å²) in [6.07, 6.45) is 4.77. The van der Waals surface area contributed by atoms with Crippen molar-refractivity contribution < 1.29 is 8.42 Å². The third kappa shape index (κ3) is 4.77. The maximum Gasteiger partial charge on any atom is 0.244 e. The summed E-state index contributed by atoms with van der Waals surface area (Å²) in [5.41, 5.74) is 0. The predicted octanol–water partition coefficient (Wildman–Crippen LogP) is 4.06. The van der Waals surface area contributed by atoms with Crippen LogP contribution >= 0.6 is 23.2 Å². The van der Waals surface area contributed by atoms with Gasteiger partial charge in [-0.25, -0.2) is 8.42 Å². The lowest BCUT2D eigenvalue weighted by atomic mass is 10.0. The Morgan fingerprint density at radius 3 is 2.35 bits per heavy atom. The molecule has 2 fully saturated rings. The number of hydrogen-bond acceptors (Lipinski definition) is 6. The summed E-state index contributed by atoms with van der Waals surface area (Å²) in [6.45, 7) is 5.00. The molecule has 7 nitrogen and oxygen atoms in total. The van der Waals surface area contributed by atoms with Crippen molar-refractivity contribution in [3.05, 3.63) is 40.4 Å². The van der Waals surface area contributed by atoms with Crippen LogP contribution in [0.25, 0.3) is 0 Å². The van der Waals surface area contributed by atoms with Crippen LogP contribution in [0.15, 0.2) is 35.2 Å². The Hall–Kier alpha value is -1.61. The largest absolute Gasteiger partial charge is 0.352 e. The van der Waals surface area contributed by atoms with E-state index in [1.165, 1.54) is 35.7 Å². The first-order valence-electron chi connectivity index (χ1n) is 10.7. The highest BCUT2D eigenvalue weighted by molar-refractivity contribution is 7.89. The molecule has 1 aromatic heterocycles. The molecule has 0 amide bonds. The molecule has 0 aliphatic carbocycles. The number of aromatic nitrogens is 2. The standard InChI is InChI=1S/C21H27Cl2N5O2S/c1-2-17-5-3-4-10-28(17)21-9-8-20(24-25-21)26-11-13-27(14-12-26)31(29,30)19-15-16(22)6-7-18(19)23/h6-9,15,17H,2-5,10-14H2,1H3. The van der Waals surface area contributed by atoms with Gasteiger partial charge in [0.1, 0.15) is 4.90 Å². The Kier molecular flexibility index (Phi) is 6.91. The summed E-state index contributed by atoms with van der Waals surface area (Å²) in [4.78, 5) is 4.47. The average Bonchev–Trinajstić information content (AvgIpc) is 2.80. The van der Waals surface area contributed by atoms with Crippen LogP contribution in [-0.4, -0.2) is 61.7 Å². The second-order valence-corrected chi connectivity index (χ2v) is 10.7. The van der Waals surface area contributed by atoms with Gasteiger partial charge in [-0.15, -0.1) is 10.2 Å². The number of halogens is 2.